The number of aliphatic hydroxyl groups excluding tert-OH is 1. The molecule has 0 amide bonds. The van der Waals surface area contributed by atoms with Gasteiger partial charge in [0, 0.05) is 12.1 Å². The SMILES string of the molecule is OC(C1CCN(Cc2c(F)cccc2F)CC1)C(F)(F)F. The van der Waals surface area contributed by atoms with Gasteiger partial charge in [-0.3, -0.25) is 4.90 Å². The van der Waals surface area contributed by atoms with Crippen molar-refractivity contribution in [1.82, 2.24) is 4.90 Å². The van der Waals surface area contributed by atoms with E-state index in [1.807, 2.05) is 0 Å². The van der Waals surface area contributed by atoms with E-state index in [1.54, 1.807) is 4.90 Å². The molecule has 1 aliphatic rings. The molecular formula is C14H16F5NO. The van der Waals surface area contributed by atoms with Gasteiger partial charge in [-0.1, -0.05) is 6.07 Å². The van der Waals surface area contributed by atoms with Crippen LogP contribution >= 0.6 is 0 Å². The molecule has 2 nitrogen and oxygen atoms in total. The molecule has 0 aromatic heterocycles. The quantitative estimate of drug-likeness (QED) is 0.867. The predicted octanol–water partition coefficient (Wildman–Crippen LogP) is 3.10. The summed E-state index contributed by atoms with van der Waals surface area (Å²) >= 11 is 0. The van der Waals surface area contributed by atoms with Gasteiger partial charge in [-0.15, -0.1) is 0 Å². The number of alkyl halides is 3. The van der Waals surface area contributed by atoms with Crippen molar-refractivity contribution >= 4 is 0 Å². The van der Waals surface area contributed by atoms with Crippen molar-refractivity contribution < 1.29 is 27.1 Å². The standard InChI is InChI=1S/C14H16F5NO/c15-11-2-1-3-12(16)10(11)8-20-6-4-9(5-7-20)13(21)14(17,18)19/h1-3,9,13,21H,4-8H2. The summed E-state index contributed by atoms with van der Waals surface area (Å²) in [7, 11) is 0. The molecule has 0 bridgehead atoms. The Hall–Kier alpha value is -1.21. The first-order valence-electron chi connectivity index (χ1n) is 6.69. The Kier molecular flexibility index (Phi) is 4.83. The van der Waals surface area contributed by atoms with Gasteiger partial charge in [0.05, 0.1) is 0 Å². The monoisotopic (exact) mass is 309 g/mol. The first-order valence-corrected chi connectivity index (χ1v) is 6.69. The van der Waals surface area contributed by atoms with Gasteiger partial charge < -0.3 is 5.11 Å². The zero-order valence-electron chi connectivity index (χ0n) is 11.2. The Morgan fingerprint density at radius 3 is 2.14 bits per heavy atom. The lowest BCUT2D eigenvalue weighted by Gasteiger charge is -2.34. The van der Waals surface area contributed by atoms with Crippen LogP contribution in [-0.4, -0.2) is 35.4 Å². The molecular weight excluding hydrogens is 293 g/mol. The molecule has 118 valence electrons. The van der Waals surface area contributed by atoms with Gasteiger partial charge in [0.15, 0.2) is 6.10 Å². The topological polar surface area (TPSA) is 23.5 Å². The van der Waals surface area contributed by atoms with Crippen LogP contribution in [0.3, 0.4) is 0 Å². The van der Waals surface area contributed by atoms with Crippen molar-refractivity contribution in [1.29, 1.82) is 0 Å². The van der Waals surface area contributed by atoms with E-state index < -0.39 is 29.8 Å². The zero-order valence-corrected chi connectivity index (χ0v) is 11.2. The van der Waals surface area contributed by atoms with E-state index in [4.69, 9.17) is 0 Å². The van der Waals surface area contributed by atoms with Crippen LogP contribution < -0.4 is 0 Å². The summed E-state index contributed by atoms with van der Waals surface area (Å²) in [6.45, 7) is 0.560. The largest absolute Gasteiger partial charge is 0.414 e. The highest BCUT2D eigenvalue weighted by atomic mass is 19.4. The molecule has 0 spiro atoms. The van der Waals surface area contributed by atoms with Gasteiger partial charge in [-0.05, 0) is 44.0 Å². The number of benzene rings is 1. The molecule has 1 aromatic carbocycles. The van der Waals surface area contributed by atoms with Crippen molar-refractivity contribution in [2.45, 2.75) is 31.7 Å². The van der Waals surface area contributed by atoms with Crippen molar-refractivity contribution in [2.75, 3.05) is 13.1 Å². The first kappa shape index (κ1) is 16.2. The second kappa shape index (κ2) is 6.27. The number of hydrogen-bond donors (Lipinski definition) is 1. The van der Waals surface area contributed by atoms with Crippen LogP contribution in [0.15, 0.2) is 18.2 Å². The third kappa shape index (κ3) is 3.91. The zero-order chi connectivity index (χ0) is 15.6. The number of halogens is 5. The third-order valence-corrected chi connectivity index (χ3v) is 3.86. The number of aliphatic hydroxyl groups is 1. The van der Waals surface area contributed by atoms with Crippen molar-refractivity contribution in [3.63, 3.8) is 0 Å². The van der Waals surface area contributed by atoms with Crippen molar-refractivity contribution in [2.24, 2.45) is 5.92 Å². The van der Waals surface area contributed by atoms with E-state index >= 15 is 0 Å². The van der Waals surface area contributed by atoms with E-state index in [2.05, 4.69) is 0 Å². The van der Waals surface area contributed by atoms with Gasteiger partial charge in [-0.25, -0.2) is 8.78 Å². The summed E-state index contributed by atoms with van der Waals surface area (Å²) in [5.74, 6) is -2.17. The fourth-order valence-corrected chi connectivity index (χ4v) is 2.60. The first-order chi connectivity index (χ1) is 9.79. The third-order valence-electron chi connectivity index (χ3n) is 3.86. The normalized spacial score (nSPS) is 19.7. The maximum absolute atomic E-state index is 13.5. The summed E-state index contributed by atoms with van der Waals surface area (Å²) in [6, 6.07) is 3.57. The average Bonchev–Trinajstić information content (AvgIpc) is 2.42. The Balaban J connectivity index is 1.93. The molecule has 1 atom stereocenters. The molecule has 1 aliphatic heterocycles. The Bertz CT molecular complexity index is 462. The van der Waals surface area contributed by atoms with Crippen LogP contribution in [0.25, 0.3) is 0 Å². The van der Waals surface area contributed by atoms with Crippen LogP contribution in [0.5, 0.6) is 0 Å². The number of hydrogen-bond acceptors (Lipinski definition) is 2. The smallest absolute Gasteiger partial charge is 0.383 e. The minimum absolute atomic E-state index is 0.0212. The average molecular weight is 309 g/mol. The van der Waals surface area contributed by atoms with Gasteiger partial charge >= 0.3 is 6.18 Å². The lowest BCUT2D eigenvalue weighted by molar-refractivity contribution is -0.223. The lowest BCUT2D eigenvalue weighted by atomic mass is 9.90. The molecule has 0 aliphatic carbocycles. The van der Waals surface area contributed by atoms with Crippen LogP contribution in [0.1, 0.15) is 18.4 Å². The number of rotatable bonds is 3. The van der Waals surface area contributed by atoms with Gasteiger partial charge in [-0.2, -0.15) is 13.2 Å². The molecule has 1 N–H and O–H groups in total. The van der Waals surface area contributed by atoms with E-state index in [0.29, 0.717) is 0 Å². The van der Waals surface area contributed by atoms with E-state index in [9.17, 15) is 27.1 Å². The number of nitrogens with zero attached hydrogens (tertiary/aromatic N) is 1. The van der Waals surface area contributed by atoms with Crippen LogP contribution in [-0.2, 0) is 6.54 Å². The molecule has 1 fully saturated rings. The Labute approximate surface area is 119 Å². The predicted molar refractivity (Wildman–Crippen MR) is 66.4 cm³/mol. The van der Waals surface area contributed by atoms with E-state index in [-0.39, 0.29) is 38.0 Å². The van der Waals surface area contributed by atoms with Gasteiger partial charge in [0.25, 0.3) is 0 Å². The second-order valence-corrected chi connectivity index (χ2v) is 5.30. The second-order valence-electron chi connectivity index (χ2n) is 5.30. The minimum Gasteiger partial charge on any atom is -0.383 e. The Morgan fingerprint density at radius 2 is 1.67 bits per heavy atom. The number of likely N-dealkylation sites (tertiary alicyclic amines) is 1. The molecule has 1 heterocycles. The van der Waals surface area contributed by atoms with Gasteiger partial charge in [0.2, 0.25) is 0 Å². The number of piperidine rings is 1. The van der Waals surface area contributed by atoms with E-state index in [1.165, 1.54) is 6.07 Å². The highest BCUT2D eigenvalue weighted by Crippen LogP contribution is 2.32. The summed E-state index contributed by atoms with van der Waals surface area (Å²) in [6.07, 6.45) is -6.65. The van der Waals surface area contributed by atoms with Gasteiger partial charge in [0.1, 0.15) is 11.6 Å². The van der Waals surface area contributed by atoms with E-state index in [0.717, 1.165) is 12.1 Å². The fourth-order valence-electron chi connectivity index (χ4n) is 2.60. The minimum atomic E-state index is -4.62. The molecule has 2 rings (SSSR count). The van der Waals surface area contributed by atoms with Crippen LogP contribution in [0.4, 0.5) is 22.0 Å². The summed E-state index contributed by atoms with van der Waals surface area (Å²) in [5.41, 5.74) is -0.0766. The van der Waals surface area contributed by atoms with Crippen LogP contribution in [0, 0.1) is 17.6 Å². The molecule has 1 aromatic rings. The lowest BCUT2D eigenvalue weighted by Crippen LogP contribution is -2.43. The highest BCUT2D eigenvalue weighted by molar-refractivity contribution is 5.19. The van der Waals surface area contributed by atoms with Crippen LogP contribution in [0.2, 0.25) is 0 Å². The maximum Gasteiger partial charge on any atom is 0.414 e. The molecule has 7 heteroatoms. The molecule has 1 saturated heterocycles. The summed E-state index contributed by atoms with van der Waals surface area (Å²) in [4.78, 5) is 1.70. The molecule has 21 heavy (non-hydrogen) atoms. The summed E-state index contributed by atoms with van der Waals surface area (Å²) < 4.78 is 64.3. The molecule has 0 radical (unpaired) electrons. The summed E-state index contributed by atoms with van der Waals surface area (Å²) in [5, 5.41) is 9.21. The van der Waals surface area contributed by atoms with Crippen molar-refractivity contribution in [3.8, 4) is 0 Å². The Morgan fingerprint density at radius 1 is 1.14 bits per heavy atom. The molecule has 1 unspecified atom stereocenters. The highest BCUT2D eigenvalue weighted by Gasteiger charge is 2.44. The van der Waals surface area contributed by atoms with Crippen molar-refractivity contribution in [3.05, 3.63) is 35.4 Å². The fraction of sp³-hybridized carbons (Fsp3) is 0.571. The molecule has 0 saturated carbocycles. The maximum atomic E-state index is 13.5.